The molecule has 0 rings (SSSR count). The predicted molar refractivity (Wildman–Crippen MR) is 316 cm³/mol. The smallest absolute Gasteiger partial charge is 0.306 e. The first-order valence-electron chi connectivity index (χ1n) is 29.7. The van der Waals surface area contributed by atoms with Crippen LogP contribution in [0.4, 0.5) is 0 Å². The van der Waals surface area contributed by atoms with Gasteiger partial charge >= 0.3 is 17.9 Å². The summed E-state index contributed by atoms with van der Waals surface area (Å²) in [5.74, 6) is -0.957. The summed E-state index contributed by atoms with van der Waals surface area (Å²) in [6, 6.07) is 0. The number of carbonyl (C=O) groups excluding carboxylic acids is 3. The summed E-state index contributed by atoms with van der Waals surface area (Å²) in [5.41, 5.74) is 0. The number of rotatable bonds is 52. The normalized spacial score (nSPS) is 13.1. The molecule has 0 heterocycles. The van der Waals surface area contributed by atoms with Crippen LogP contribution in [0.1, 0.15) is 252 Å². The molecular weight excluding hydrogens is 901 g/mol. The Morgan fingerprint density at radius 1 is 0.288 bits per heavy atom. The molecule has 6 heteroatoms. The van der Waals surface area contributed by atoms with Crippen LogP contribution in [0.3, 0.4) is 0 Å². The highest BCUT2D eigenvalue weighted by Gasteiger charge is 2.19. The Balaban J connectivity index is 4.37. The van der Waals surface area contributed by atoms with Crippen molar-refractivity contribution in [2.75, 3.05) is 13.2 Å². The van der Waals surface area contributed by atoms with E-state index in [2.05, 4.69) is 154 Å². The molecule has 0 saturated heterocycles. The molecule has 1 atom stereocenters. The van der Waals surface area contributed by atoms with Gasteiger partial charge in [0.25, 0.3) is 0 Å². The van der Waals surface area contributed by atoms with Crippen molar-refractivity contribution in [3.05, 3.63) is 134 Å². The zero-order chi connectivity index (χ0) is 52.9. The molecule has 0 aromatic heterocycles. The van der Waals surface area contributed by atoms with Gasteiger partial charge in [0.2, 0.25) is 0 Å². The zero-order valence-electron chi connectivity index (χ0n) is 47.1. The van der Waals surface area contributed by atoms with E-state index in [1.54, 1.807) is 0 Å². The fourth-order valence-electron chi connectivity index (χ4n) is 7.72. The van der Waals surface area contributed by atoms with E-state index in [1.165, 1.54) is 57.8 Å². The third kappa shape index (κ3) is 58.3. The Labute approximate surface area is 449 Å². The van der Waals surface area contributed by atoms with Gasteiger partial charge in [-0.15, -0.1) is 0 Å². The maximum atomic E-state index is 12.8. The molecule has 0 spiro atoms. The molecule has 0 aliphatic heterocycles. The maximum Gasteiger partial charge on any atom is 0.306 e. The van der Waals surface area contributed by atoms with E-state index in [-0.39, 0.29) is 31.1 Å². The van der Waals surface area contributed by atoms with Gasteiger partial charge in [0, 0.05) is 19.3 Å². The molecule has 0 saturated carbocycles. The van der Waals surface area contributed by atoms with Gasteiger partial charge in [-0.1, -0.05) is 231 Å². The van der Waals surface area contributed by atoms with Gasteiger partial charge in [-0.05, 0) is 135 Å². The standard InChI is InChI=1S/C67H108O6/c1-4-7-10-13-16-19-22-25-27-28-29-30-31-32-33-34-35-36-37-38-40-42-45-48-51-54-57-60-66(69)72-63-64(62-71-65(68)59-56-53-50-47-44-41-24-21-18-15-12-9-6-3)73-67(70)61-58-55-52-49-46-43-39-26-23-20-17-14-11-8-5-2/h7,9-10,12,16-21,25-27,29-30,32-33,35-36,39,41,44,64H,4-6,8,11,13-15,22-24,28,31,34,37-38,40,42-43,45-63H2,1-3H3/b10-7-,12-9-,19-16-,20-17-,21-18-,27-25-,30-29-,33-32-,36-35-,39-26-,44-41-. The summed E-state index contributed by atoms with van der Waals surface area (Å²) in [4.78, 5) is 38.2. The first-order valence-corrected chi connectivity index (χ1v) is 29.7. The minimum Gasteiger partial charge on any atom is -0.462 e. The molecule has 0 bridgehead atoms. The van der Waals surface area contributed by atoms with Crippen LogP contribution in [-0.4, -0.2) is 37.2 Å². The Morgan fingerprint density at radius 3 is 0.849 bits per heavy atom. The number of allylic oxidation sites excluding steroid dienone is 22. The van der Waals surface area contributed by atoms with Crippen LogP contribution in [0.15, 0.2) is 134 Å². The minimum absolute atomic E-state index is 0.102. The number of esters is 3. The molecule has 0 N–H and O–H groups in total. The highest BCUT2D eigenvalue weighted by molar-refractivity contribution is 5.71. The van der Waals surface area contributed by atoms with Crippen molar-refractivity contribution in [1.29, 1.82) is 0 Å². The van der Waals surface area contributed by atoms with Crippen molar-refractivity contribution in [2.45, 2.75) is 258 Å². The Hall–Kier alpha value is -4.45. The van der Waals surface area contributed by atoms with E-state index in [4.69, 9.17) is 14.2 Å². The highest BCUT2D eigenvalue weighted by Crippen LogP contribution is 2.14. The molecule has 0 fully saturated rings. The van der Waals surface area contributed by atoms with Gasteiger partial charge in [-0.2, -0.15) is 0 Å². The van der Waals surface area contributed by atoms with Gasteiger partial charge in [0.15, 0.2) is 6.10 Å². The fraction of sp³-hybridized carbons (Fsp3) is 0.627. The number of ether oxygens (including phenoxy) is 3. The molecule has 0 aliphatic rings. The first-order chi connectivity index (χ1) is 36.0. The maximum absolute atomic E-state index is 12.8. The topological polar surface area (TPSA) is 78.9 Å². The number of hydrogen-bond acceptors (Lipinski definition) is 6. The monoisotopic (exact) mass is 1010 g/mol. The zero-order valence-corrected chi connectivity index (χ0v) is 47.1. The number of carbonyl (C=O) groups is 3. The second-order valence-corrected chi connectivity index (χ2v) is 19.1. The Kier molecular flexibility index (Phi) is 56.4. The summed E-state index contributed by atoms with van der Waals surface area (Å²) in [6.45, 7) is 6.33. The van der Waals surface area contributed by atoms with Crippen LogP contribution < -0.4 is 0 Å². The summed E-state index contributed by atoms with van der Waals surface area (Å²) in [7, 11) is 0. The van der Waals surface area contributed by atoms with Crippen LogP contribution in [0.25, 0.3) is 0 Å². The van der Waals surface area contributed by atoms with Crippen molar-refractivity contribution in [1.82, 2.24) is 0 Å². The molecule has 412 valence electrons. The summed E-state index contributed by atoms with van der Waals surface area (Å²) in [5, 5.41) is 0. The molecule has 0 aromatic rings. The number of hydrogen-bond donors (Lipinski definition) is 0. The van der Waals surface area contributed by atoms with Crippen LogP contribution >= 0.6 is 0 Å². The average Bonchev–Trinajstić information content (AvgIpc) is 3.39. The molecule has 0 aromatic carbocycles. The van der Waals surface area contributed by atoms with Crippen molar-refractivity contribution >= 4 is 17.9 Å². The van der Waals surface area contributed by atoms with Gasteiger partial charge in [-0.3, -0.25) is 14.4 Å². The van der Waals surface area contributed by atoms with E-state index in [9.17, 15) is 14.4 Å². The summed E-state index contributed by atoms with van der Waals surface area (Å²) < 4.78 is 16.8. The second-order valence-electron chi connectivity index (χ2n) is 19.1. The van der Waals surface area contributed by atoms with Crippen molar-refractivity contribution in [2.24, 2.45) is 0 Å². The summed E-state index contributed by atoms with van der Waals surface area (Å²) >= 11 is 0. The van der Waals surface area contributed by atoms with Gasteiger partial charge in [-0.25, -0.2) is 0 Å². The second kappa shape index (κ2) is 60.1. The van der Waals surface area contributed by atoms with Gasteiger partial charge < -0.3 is 14.2 Å². The quantitative estimate of drug-likeness (QED) is 0.0261. The van der Waals surface area contributed by atoms with Crippen molar-refractivity contribution < 1.29 is 28.6 Å². The van der Waals surface area contributed by atoms with Gasteiger partial charge in [0.05, 0.1) is 0 Å². The number of unbranched alkanes of at least 4 members (excludes halogenated alkanes) is 19. The van der Waals surface area contributed by atoms with Crippen LogP contribution in [0.2, 0.25) is 0 Å². The lowest BCUT2D eigenvalue weighted by Gasteiger charge is -2.18. The van der Waals surface area contributed by atoms with Crippen LogP contribution in [0, 0.1) is 0 Å². The lowest BCUT2D eigenvalue weighted by atomic mass is 10.1. The summed E-state index contributed by atoms with van der Waals surface area (Å²) in [6.07, 6.45) is 84.5. The molecule has 73 heavy (non-hydrogen) atoms. The van der Waals surface area contributed by atoms with E-state index in [1.807, 2.05) is 0 Å². The third-order valence-corrected chi connectivity index (χ3v) is 12.1. The average molecular weight is 1010 g/mol. The SMILES string of the molecule is CC/C=C\C/C=C\C/C=C\C/C=C\C/C=C\C/C=C\CCCCCCCCCCC(=O)OCC(COC(=O)CCCCC/C=C\C/C=C\C/C=C\CC)OC(=O)CCCCCCC/C=C\C/C=C\CCCCC. The van der Waals surface area contributed by atoms with Gasteiger partial charge in [0.1, 0.15) is 13.2 Å². The molecule has 1 unspecified atom stereocenters. The third-order valence-electron chi connectivity index (χ3n) is 12.1. The molecular formula is C67H108O6. The lowest BCUT2D eigenvalue weighted by Crippen LogP contribution is -2.30. The minimum atomic E-state index is -0.806. The van der Waals surface area contributed by atoms with E-state index < -0.39 is 6.10 Å². The van der Waals surface area contributed by atoms with Crippen LogP contribution in [-0.2, 0) is 28.6 Å². The Morgan fingerprint density at radius 2 is 0.534 bits per heavy atom. The van der Waals surface area contributed by atoms with Crippen molar-refractivity contribution in [3.63, 3.8) is 0 Å². The fourth-order valence-corrected chi connectivity index (χ4v) is 7.72. The molecule has 0 aliphatic carbocycles. The molecule has 0 radical (unpaired) electrons. The largest absolute Gasteiger partial charge is 0.462 e. The van der Waals surface area contributed by atoms with E-state index >= 15 is 0 Å². The van der Waals surface area contributed by atoms with Crippen LogP contribution in [0.5, 0.6) is 0 Å². The predicted octanol–water partition coefficient (Wildman–Crippen LogP) is 20.2. The first kappa shape index (κ1) is 68.6. The molecule has 6 nitrogen and oxygen atoms in total. The Bertz CT molecular complexity index is 1580. The lowest BCUT2D eigenvalue weighted by molar-refractivity contribution is -0.167. The van der Waals surface area contributed by atoms with Crippen molar-refractivity contribution in [3.8, 4) is 0 Å². The van der Waals surface area contributed by atoms with E-state index in [0.29, 0.717) is 19.3 Å². The van der Waals surface area contributed by atoms with E-state index in [0.717, 1.165) is 154 Å². The molecule has 0 amide bonds. The highest BCUT2D eigenvalue weighted by atomic mass is 16.6.